The fourth-order valence-corrected chi connectivity index (χ4v) is 5.12. The van der Waals surface area contributed by atoms with Crippen molar-refractivity contribution >= 4 is 33.6 Å². The Morgan fingerprint density at radius 1 is 1.28 bits per heavy atom. The molecule has 1 spiro atoms. The Labute approximate surface area is 197 Å². The van der Waals surface area contributed by atoms with Gasteiger partial charge in [-0.1, -0.05) is 28.6 Å². The number of carbonyl (C=O) groups is 2. The molecule has 7 nitrogen and oxygen atoms in total. The van der Waals surface area contributed by atoms with Crippen LogP contribution in [-0.2, 0) is 4.74 Å². The highest BCUT2D eigenvalue weighted by Gasteiger charge is 2.55. The Hall–Kier alpha value is -2.22. The molecule has 1 saturated heterocycles. The van der Waals surface area contributed by atoms with Crippen LogP contribution >= 0.6 is 15.9 Å². The number of anilines is 1. The highest BCUT2D eigenvalue weighted by Crippen LogP contribution is 2.56. The van der Waals surface area contributed by atoms with Gasteiger partial charge in [0.25, 0.3) is 5.91 Å². The lowest BCUT2D eigenvalue weighted by atomic mass is 10.0. The molecule has 2 fully saturated rings. The number of nitrogens with zero attached hydrogens (tertiary/aromatic N) is 2. The van der Waals surface area contributed by atoms with Gasteiger partial charge in [0, 0.05) is 24.5 Å². The Balaban J connectivity index is 1.66. The van der Waals surface area contributed by atoms with E-state index in [4.69, 9.17) is 14.2 Å². The number of ether oxygens (including phenoxy) is 3. The molecular weight excluding hydrogens is 476 g/mol. The number of fused-ring (bicyclic) bond motifs is 2. The van der Waals surface area contributed by atoms with Crippen molar-refractivity contribution in [2.24, 2.45) is 5.41 Å². The number of benzene rings is 1. The molecule has 1 atom stereocenters. The van der Waals surface area contributed by atoms with E-state index < -0.39 is 6.09 Å². The highest BCUT2D eigenvalue weighted by molar-refractivity contribution is 9.09. The Morgan fingerprint density at radius 3 is 2.78 bits per heavy atom. The summed E-state index contributed by atoms with van der Waals surface area (Å²) in [6, 6.07) is 3.44. The largest absolute Gasteiger partial charge is 0.493 e. The second-order valence-corrected chi connectivity index (χ2v) is 9.68. The Bertz CT molecular complexity index is 885. The van der Waals surface area contributed by atoms with E-state index in [1.54, 1.807) is 30.2 Å². The molecule has 1 aromatic carbocycles. The van der Waals surface area contributed by atoms with Crippen molar-refractivity contribution in [3.8, 4) is 11.5 Å². The first-order valence-electron chi connectivity index (χ1n) is 11.3. The minimum Gasteiger partial charge on any atom is -0.493 e. The second kappa shape index (κ2) is 9.73. The molecule has 4 rings (SSSR count). The standard InChI is InChI=1S/C24H31BrN2O5/c1-3-10-32-23(29)26-15-17-14-24(7-8-24)16-27(17)22(28)18-12-20(30-2)21(13-19(18)26)31-11-6-4-5-9-25/h3,12-13,17H,1,4-11,14-16H2,2H3/t17-/m0/s1. The topological polar surface area (TPSA) is 68.3 Å². The van der Waals surface area contributed by atoms with E-state index in [1.165, 1.54) is 0 Å². The summed E-state index contributed by atoms with van der Waals surface area (Å²) in [5, 5.41) is 0.970. The Morgan fingerprint density at radius 2 is 2.09 bits per heavy atom. The van der Waals surface area contributed by atoms with Gasteiger partial charge in [0.05, 0.1) is 31.0 Å². The van der Waals surface area contributed by atoms with Crippen LogP contribution in [0.15, 0.2) is 24.8 Å². The normalized spacial score (nSPS) is 20.4. The van der Waals surface area contributed by atoms with Crippen LogP contribution in [0.2, 0.25) is 0 Å². The number of amides is 2. The molecule has 1 saturated carbocycles. The third-order valence-electron chi connectivity index (χ3n) is 6.61. The molecule has 2 heterocycles. The molecule has 1 aromatic rings. The molecule has 0 aromatic heterocycles. The third kappa shape index (κ3) is 4.60. The van der Waals surface area contributed by atoms with Crippen LogP contribution in [0.3, 0.4) is 0 Å². The average molecular weight is 507 g/mol. The van der Waals surface area contributed by atoms with E-state index in [0.717, 1.165) is 50.4 Å². The van der Waals surface area contributed by atoms with Gasteiger partial charge in [0.2, 0.25) is 0 Å². The molecular formula is C24H31BrN2O5. The molecule has 0 N–H and O–H groups in total. The van der Waals surface area contributed by atoms with Gasteiger partial charge in [-0.15, -0.1) is 0 Å². The number of halogens is 1. The number of rotatable bonds is 9. The molecule has 2 aliphatic heterocycles. The summed E-state index contributed by atoms with van der Waals surface area (Å²) in [4.78, 5) is 30.1. The summed E-state index contributed by atoms with van der Waals surface area (Å²) in [5.74, 6) is 0.964. The van der Waals surface area contributed by atoms with Crippen molar-refractivity contribution in [2.45, 2.75) is 44.6 Å². The number of hydrogen-bond acceptors (Lipinski definition) is 5. The van der Waals surface area contributed by atoms with Crippen LogP contribution in [0.5, 0.6) is 11.5 Å². The number of unbranched alkanes of at least 4 members (excludes halogenated alkanes) is 2. The highest BCUT2D eigenvalue weighted by atomic mass is 79.9. The number of hydrogen-bond donors (Lipinski definition) is 0. The predicted octanol–water partition coefficient (Wildman–Crippen LogP) is 4.78. The van der Waals surface area contributed by atoms with Gasteiger partial charge in [-0.05, 0) is 50.0 Å². The van der Waals surface area contributed by atoms with Gasteiger partial charge in [0.15, 0.2) is 11.5 Å². The molecule has 8 heteroatoms. The van der Waals surface area contributed by atoms with Crippen molar-refractivity contribution in [3.05, 3.63) is 30.4 Å². The maximum atomic E-state index is 13.6. The van der Waals surface area contributed by atoms with E-state index in [1.807, 2.05) is 4.90 Å². The lowest BCUT2D eigenvalue weighted by Gasteiger charge is -2.25. The summed E-state index contributed by atoms with van der Waals surface area (Å²) in [6.45, 7) is 5.44. The monoisotopic (exact) mass is 506 g/mol. The van der Waals surface area contributed by atoms with Crippen LogP contribution in [0, 0.1) is 5.41 Å². The first-order chi connectivity index (χ1) is 15.5. The molecule has 0 radical (unpaired) electrons. The van der Waals surface area contributed by atoms with Gasteiger partial charge < -0.3 is 19.1 Å². The van der Waals surface area contributed by atoms with E-state index >= 15 is 0 Å². The van der Waals surface area contributed by atoms with Gasteiger partial charge in [-0.2, -0.15) is 0 Å². The van der Waals surface area contributed by atoms with Crippen molar-refractivity contribution in [1.82, 2.24) is 4.90 Å². The van der Waals surface area contributed by atoms with Crippen LogP contribution in [0.4, 0.5) is 10.5 Å². The average Bonchev–Trinajstić information content (AvgIpc) is 3.47. The molecule has 1 aliphatic carbocycles. The van der Waals surface area contributed by atoms with Crippen LogP contribution in [0.25, 0.3) is 0 Å². The summed E-state index contributed by atoms with van der Waals surface area (Å²) in [6.07, 6.45) is 7.32. The smallest absolute Gasteiger partial charge is 0.414 e. The number of methoxy groups -OCH3 is 1. The third-order valence-corrected chi connectivity index (χ3v) is 7.17. The van der Waals surface area contributed by atoms with Crippen molar-refractivity contribution in [2.75, 3.05) is 43.6 Å². The fourth-order valence-electron chi connectivity index (χ4n) is 4.72. The Kier molecular flexibility index (Phi) is 6.98. The molecule has 174 valence electrons. The SMILES string of the molecule is C=CCOC(=O)N1C[C@@H]2CC3(CC3)CN2C(=O)c2cc(OC)c(OCCCCCBr)cc21. The maximum absolute atomic E-state index is 13.6. The zero-order chi connectivity index (χ0) is 22.7. The maximum Gasteiger partial charge on any atom is 0.414 e. The van der Waals surface area contributed by atoms with Gasteiger partial charge in [-0.3, -0.25) is 9.69 Å². The molecule has 0 unspecified atom stereocenters. The van der Waals surface area contributed by atoms with Crippen molar-refractivity contribution < 1.29 is 23.8 Å². The summed E-state index contributed by atoms with van der Waals surface area (Å²) >= 11 is 3.44. The van der Waals surface area contributed by atoms with E-state index in [-0.39, 0.29) is 24.0 Å². The van der Waals surface area contributed by atoms with E-state index in [2.05, 4.69) is 22.5 Å². The number of carbonyl (C=O) groups excluding carboxylic acids is 2. The first-order valence-corrected chi connectivity index (χ1v) is 12.4. The van der Waals surface area contributed by atoms with Crippen LogP contribution in [-0.4, -0.2) is 61.7 Å². The van der Waals surface area contributed by atoms with Crippen molar-refractivity contribution in [3.63, 3.8) is 0 Å². The zero-order valence-electron chi connectivity index (χ0n) is 18.6. The first kappa shape index (κ1) is 23.0. The lowest BCUT2D eigenvalue weighted by molar-refractivity contribution is 0.0741. The molecule has 0 bridgehead atoms. The van der Waals surface area contributed by atoms with Gasteiger partial charge in [0.1, 0.15) is 6.61 Å². The zero-order valence-corrected chi connectivity index (χ0v) is 20.2. The van der Waals surface area contributed by atoms with Gasteiger partial charge >= 0.3 is 6.09 Å². The van der Waals surface area contributed by atoms with Crippen molar-refractivity contribution in [1.29, 1.82) is 0 Å². The minimum atomic E-state index is -0.481. The summed E-state index contributed by atoms with van der Waals surface area (Å²) < 4.78 is 16.9. The fraction of sp³-hybridized carbons (Fsp3) is 0.583. The van der Waals surface area contributed by atoms with Gasteiger partial charge in [-0.25, -0.2) is 4.79 Å². The summed E-state index contributed by atoms with van der Waals surface area (Å²) in [5.41, 5.74) is 1.19. The summed E-state index contributed by atoms with van der Waals surface area (Å²) in [7, 11) is 1.56. The molecule has 32 heavy (non-hydrogen) atoms. The van der Waals surface area contributed by atoms with Crippen LogP contribution < -0.4 is 14.4 Å². The molecule has 2 amide bonds. The molecule has 3 aliphatic rings. The quantitative estimate of drug-likeness (QED) is 0.274. The minimum absolute atomic E-state index is 0.0201. The second-order valence-electron chi connectivity index (χ2n) is 8.89. The van der Waals surface area contributed by atoms with Crippen LogP contribution in [0.1, 0.15) is 48.9 Å². The lowest BCUT2D eigenvalue weighted by Crippen LogP contribution is -2.42. The van der Waals surface area contributed by atoms with E-state index in [0.29, 0.717) is 35.9 Å². The number of alkyl halides is 1. The van der Waals surface area contributed by atoms with E-state index in [9.17, 15) is 9.59 Å². The predicted molar refractivity (Wildman–Crippen MR) is 126 cm³/mol.